The highest BCUT2D eigenvalue weighted by molar-refractivity contribution is 9.09. The van der Waals surface area contributed by atoms with E-state index in [2.05, 4.69) is 61.3 Å². The van der Waals surface area contributed by atoms with E-state index in [0.717, 1.165) is 5.33 Å². The van der Waals surface area contributed by atoms with Gasteiger partial charge in [0.2, 0.25) is 0 Å². The molecule has 0 bridgehead atoms. The van der Waals surface area contributed by atoms with Gasteiger partial charge in [-0.15, -0.1) is 5.54 Å². The number of halogens is 1. The predicted molar refractivity (Wildman–Crippen MR) is 58.8 cm³/mol. The van der Waals surface area contributed by atoms with Crippen LogP contribution in [0, 0.1) is 11.5 Å². The van der Waals surface area contributed by atoms with Crippen molar-refractivity contribution in [3.63, 3.8) is 0 Å². The Morgan fingerprint density at radius 2 is 1.73 bits per heavy atom. The van der Waals surface area contributed by atoms with Crippen molar-refractivity contribution in [3.8, 4) is 11.5 Å². The van der Waals surface area contributed by atoms with E-state index in [1.165, 1.54) is 0 Å². The molecule has 0 aliphatic rings. The smallest absolute Gasteiger partial charge is 0.130 e. The summed E-state index contributed by atoms with van der Waals surface area (Å²) in [5.41, 5.74) is 3.39. The Bertz CT molecular complexity index is 178. The molecule has 0 unspecified atom stereocenters. The second kappa shape index (κ2) is 3.78. The molecule has 64 valence electrons. The molecule has 0 aromatic carbocycles. The Labute approximate surface area is 79.9 Å². The third-order valence-corrected chi connectivity index (χ3v) is 7.17. The first kappa shape index (κ1) is 11.3. The minimum Gasteiger partial charge on any atom is -0.130 e. The quantitative estimate of drug-likeness (QED) is 0.341. The summed E-state index contributed by atoms with van der Waals surface area (Å²) in [5.74, 6) is 3.12. The summed E-state index contributed by atoms with van der Waals surface area (Å²) in [7, 11) is -1.32. The predicted octanol–water partition coefficient (Wildman–Crippen LogP) is 3.43. The van der Waals surface area contributed by atoms with Gasteiger partial charge in [-0.3, -0.25) is 0 Å². The highest BCUT2D eigenvalue weighted by Crippen LogP contribution is 2.34. The van der Waals surface area contributed by atoms with Crippen LogP contribution >= 0.6 is 15.9 Å². The van der Waals surface area contributed by atoms with E-state index in [1.54, 1.807) is 0 Å². The summed E-state index contributed by atoms with van der Waals surface area (Å²) in [4.78, 5) is 0. The second-order valence-corrected chi connectivity index (χ2v) is 9.87. The van der Waals surface area contributed by atoms with E-state index in [4.69, 9.17) is 0 Å². The molecule has 0 fully saturated rings. The molecule has 11 heavy (non-hydrogen) atoms. The summed E-state index contributed by atoms with van der Waals surface area (Å²) in [6, 6.07) is 0. The van der Waals surface area contributed by atoms with Crippen molar-refractivity contribution in [1.82, 2.24) is 0 Å². The van der Waals surface area contributed by atoms with Gasteiger partial charge in [0.05, 0.1) is 5.33 Å². The second-order valence-electron chi connectivity index (χ2n) is 4.31. The first-order valence-corrected chi connectivity index (χ1v) is 7.99. The third-order valence-electron chi connectivity index (χ3n) is 2.34. The largest absolute Gasteiger partial charge is 0.137 e. The molecule has 2 heteroatoms. The average molecular weight is 233 g/mol. The molecule has 0 spiro atoms. The van der Waals surface area contributed by atoms with Crippen molar-refractivity contribution >= 4 is 24.0 Å². The Morgan fingerprint density at radius 1 is 1.27 bits per heavy atom. The van der Waals surface area contributed by atoms with Gasteiger partial charge in [0.1, 0.15) is 8.07 Å². The van der Waals surface area contributed by atoms with Crippen LogP contribution < -0.4 is 0 Å². The van der Waals surface area contributed by atoms with Crippen LogP contribution in [0.4, 0.5) is 0 Å². The van der Waals surface area contributed by atoms with Crippen LogP contribution in [0.5, 0.6) is 0 Å². The molecule has 0 heterocycles. The normalized spacial score (nSPS) is 12.2. The minimum atomic E-state index is -1.32. The molecule has 0 saturated heterocycles. The maximum absolute atomic E-state index is 3.39. The molecule has 0 aromatic rings. The summed E-state index contributed by atoms with van der Waals surface area (Å²) in [5, 5.41) is 1.20. The van der Waals surface area contributed by atoms with E-state index < -0.39 is 8.07 Å². The van der Waals surface area contributed by atoms with Crippen LogP contribution in [0.15, 0.2) is 0 Å². The highest BCUT2D eigenvalue weighted by atomic mass is 79.9. The van der Waals surface area contributed by atoms with Gasteiger partial charge in [0.15, 0.2) is 0 Å². The Morgan fingerprint density at radius 3 is 2.00 bits per heavy atom. The van der Waals surface area contributed by atoms with Crippen LogP contribution in [0.1, 0.15) is 20.8 Å². The van der Waals surface area contributed by atoms with Crippen molar-refractivity contribution in [2.45, 2.75) is 38.9 Å². The van der Waals surface area contributed by atoms with E-state index in [-0.39, 0.29) is 0 Å². The van der Waals surface area contributed by atoms with Crippen LogP contribution in [0.2, 0.25) is 18.1 Å². The number of hydrogen-bond acceptors (Lipinski definition) is 0. The number of hydrogen-bond donors (Lipinski definition) is 0. The van der Waals surface area contributed by atoms with Crippen molar-refractivity contribution in [1.29, 1.82) is 0 Å². The molecule has 0 aromatic heterocycles. The first-order chi connectivity index (χ1) is 4.81. The summed E-state index contributed by atoms with van der Waals surface area (Å²) < 4.78 is 0. The van der Waals surface area contributed by atoms with Crippen molar-refractivity contribution in [3.05, 3.63) is 0 Å². The van der Waals surface area contributed by atoms with Gasteiger partial charge >= 0.3 is 0 Å². The monoisotopic (exact) mass is 232 g/mol. The van der Waals surface area contributed by atoms with Crippen LogP contribution in [0.25, 0.3) is 0 Å². The lowest BCUT2D eigenvalue weighted by molar-refractivity contribution is 0.731. The topological polar surface area (TPSA) is 0 Å². The fourth-order valence-electron chi connectivity index (χ4n) is 0.442. The van der Waals surface area contributed by atoms with Gasteiger partial charge in [-0.25, -0.2) is 0 Å². The minimum absolute atomic E-state index is 0.391. The molecule has 0 nitrogen and oxygen atoms in total. The molecule has 0 radical (unpaired) electrons. The average Bonchev–Trinajstić information content (AvgIpc) is 1.81. The molecular weight excluding hydrogens is 216 g/mol. The van der Waals surface area contributed by atoms with Crippen LogP contribution in [-0.2, 0) is 0 Å². The first-order valence-electron chi connectivity index (χ1n) is 3.87. The van der Waals surface area contributed by atoms with E-state index >= 15 is 0 Å². The molecule has 0 N–H and O–H groups in total. The zero-order valence-corrected chi connectivity index (χ0v) is 10.7. The van der Waals surface area contributed by atoms with Gasteiger partial charge in [0, 0.05) is 0 Å². The van der Waals surface area contributed by atoms with E-state index in [1.807, 2.05) is 0 Å². The maximum atomic E-state index is 3.39. The fourth-order valence-corrected chi connectivity index (χ4v) is 1.75. The molecule has 0 amide bonds. The summed E-state index contributed by atoms with van der Waals surface area (Å²) >= 11 is 3.32. The Hall–Kier alpha value is 0.257. The van der Waals surface area contributed by atoms with Gasteiger partial charge in [-0.05, 0) is 5.04 Å². The van der Waals surface area contributed by atoms with E-state index in [9.17, 15) is 0 Å². The highest BCUT2D eigenvalue weighted by Gasteiger charge is 2.33. The molecule has 0 rings (SSSR count). The van der Waals surface area contributed by atoms with Crippen LogP contribution in [0.3, 0.4) is 0 Å². The number of alkyl halides is 1. The summed E-state index contributed by atoms with van der Waals surface area (Å²) in [6.45, 7) is 11.5. The van der Waals surface area contributed by atoms with E-state index in [0.29, 0.717) is 5.04 Å². The lowest BCUT2D eigenvalue weighted by Crippen LogP contribution is -2.35. The number of rotatable bonds is 0. The van der Waals surface area contributed by atoms with Crippen molar-refractivity contribution < 1.29 is 0 Å². The standard InChI is InChI=1S/C9H17BrSi/c1-9(2,3)11(4,5)8-6-7-10/h7H2,1-5H3. The molecular formula is C9H17BrSi. The maximum Gasteiger partial charge on any atom is 0.137 e. The Kier molecular flexibility index (Phi) is 3.86. The molecule has 0 atom stereocenters. The molecule has 0 saturated carbocycles. The lowest BCUT2D eigenvalue weighted by atomic mass is 10.2. The van der Waals surface area contributed by atoms with Crippen LogP contribution in [-0.4, -0.2) is 13.4 Å². The summed E-state index contributed by atoms with van der Waals surface area (Å²) in [6.07, 6.45) is 0. The van der Waals surface area contributed by atoms with Gasteiger partial charge in [-0.2, -0.15) is 0 Å². The van der Waals surface area contributed by atoms with Crippen molar-refractivity contribution in [2.24, 2.45) is 0 Å². The van der Waals surface area contributed by atoms with Gasteiger partial charge < -0.3 is 0 Å². The van der Waals surface area contributed by atoms with Crippen molar-refractivity contribution in [2.75, 3.05) is 5.33 Å². The fraction of sp³-hybridized carbons (Fsp3) is 0.778. The third kappa shape index (κ3) is 3.44. The lowest BCUT2D eigenvalue weighted by Gasteiger charge is -2.31. The SMILES string of the molecule is CC(C)(C)[Si](C)(C)C#CCBr. The zero-order valence-electron chi connectivity index (χ0n) is 8.09. The zero-order chi connectivity index (χ0) is 9.12. The van der Waals surface area contributed by atoms with Gasteiger partial charge in [-0.1, -0.05) is 55.7 Å². The molecule has 0 aliphatic carbocycles. The van der Waals surface area contributed by atoms with Gasteiger partial charge in [0.25, 0.3) is 0 Å². The molecule has 0 aliphatic heterocycles. The Balaban J connectivity index is 4.47.